The van der Waals surface area contributed by atoms with E-state index in [4.69, 9.17) is 0 Å². The van der Waals surface area contributed by atoms with E-state index >= 15 is 0 Å². The van der Waals surface area contributed by atoms with E-state index in [1.54, 1.807) is 11.1 Å². The Morgan fingerprint density at radius 2 is 1.73 bits per heavy atom. The Morgan fingerprint density at radius 3 is 2.46 bits per heavy atom. The van der Waals surface area contributed by atoms with Crippen LogP contribution in [0.2, 0.25) is 0 Å². The Hall–Kier alpha value is -3.15. The molecule has 2 aromatic rings. The number of piperazine rings is 1. The number of anilines is 2. The Balaban J connectivity index is 1.44. The van der Waals surface area contributed by atoms with Crippen molar-refractivity contribution in [1.82, 2.24) is 4.90 Å². The van der Waals surface area contributed by atoms with E-state index in [0.717, 1.165) is 55.2 Å². The highest BCUT2D eigenvalue weighted by Crippen LogP contribution is 2.31. The number of rotatable bonds is 4. The molecule has 2 aliphatic heterocycles. The minimum atomic E-state index is -0.345. The molecule has 1 unspecified atom stereocenters. The maximum Gasteiger partial charge on any atom is 0.237 e. The molecule has 0 spiro atoms. The minimum Gasteiger partial charge on any atom is -0.368 e. The normalized spacial score (nSPS) is 19.5. The summed E-state index contributed by atoms with van der Waals surface area (Å²) in [6.07, 6.45) is 2.62. The lowest BCUT2D eigenvalue weighted by atomic mass is 10.0. The van der Waals surface area contributed by atoms with Crippen molar-refractivity contribution >= 4 is 35.6 Å². The first-order valence-corrected chi connectivity index (χ1v) is 8.73. The van der Waals surface area contributed by atoms with E-state index in [9.17, 15) is 9.59 Å². The average molecular weight is 348 g/mol. The maximum atomic E-state index is 12.1. The number of carbonyl (C=O) groups excluding carboxylic acids is 2. The molecule has 2 aliphatic rings. The van der Waals surface area contributed by atoms with Crippen molar-refractivity contribution in [1.29, 1.82) is 0 Å². The zero-order valence-electron chi connectivity index (χ0n) is 14.3. The van der Waals surface area contributed by atoms with Crippen LogP contribution in [0.15, 0.2) is 53.5 Å². The monoisotopic (exact) mass is 348 g/mol. The number of para-hydroxylation sites is 1. The second-order valence-corrected chi connectivity index (χ2v) is 6.48. The van der Waals surface area contributed by atoms with Crippen LogP contribution >= 0.6 is 0 Å². The molecule has 2 heterocycles. The third-order valence-corrected chi connectivity index (χ3v) is 4.89. The van der Waals surface area contributed by atoms with Gasteiger partial charge in [-0.1, -0.05) is 18.2 Å². The van der Waals surface area contributed by atoms with E-state index in [2.05, 4.69) is 15.2 Å². The molecule has 1 atom stereocenters. The summed E-state index contributed by atoms with van der Waals surface area (Å²) in [6.45, 7) is 3.17. The van der Waals surface area contributed by atoms with Crippen LogP contribution < -0.4 is 10.2 Å². The van der Waals surface area contributed by atoms with Gasteiger partial charge in [-0.15, -0.1) is 0 Å². The Morgan fingerprint density at radius 1 is 1.00 bits per heavy atom. The van der Waals surface area contributed by atoms with E-state index in [-0.39, 0.29) is 11.8 Å². The van der Waals surface area contributed by atoms with Gasteiger partial charge in [-0.25, -0.2) is 0 Å². The highest BCUT2D eigenvalue weighted by atomic mass is 16.2. The van der Waals surface area contributed by atoms with Gasteiger partial charge in [0.15, 0.2) is 0 Å². The van der Waals surface area contributed by atoms with Crippen molar-refractivity contribution in [2.24, 2.45) is 4.99 Å². The predicted molar refractivity (Wildman–Crippen MR) is 102 cm³/mol. The molecule has 0 bridgehead atoms. The molecule has 4 rings (SSSR count). The molecule has 6 nitrogen and oxygen atoms in total. The number of nitrogens with one attached hydrogen (secondary N) is 1. The Labute approximate surface area is 152 Å². The summed E-state index contributed by atoms with van der Waals surface area (Å²) in [4.78, 5) is 31.5. The van der Waals surface area contributed by atoms with Crippen LogP contribution in [0.1, 0.15) is 11.5 Å². The van der Waals surface area contributed by atoms with Crippen LogP contribution in [-0.4, -0.2) is 49.6 Å². The predicted octanol–water partition coefficient (Wildman–Crippen LogP) is 2.40. The molecule has 0 radical (unpaired) electrons. The summed E-state index contributed by atoms with van der Waals surface area (Å²) >= 11 is 0. The molecule has 1 N–H and O–H groups in total. The lowest BCUT2D eigenvalue weighted by Crippen LogP contribution is -2.45. The smallest absolute Gasteiger partial charge is 0.237 e. The summed E-state index contributed by atoms with van der Waals surface area (Å²) in [5.74, 6) is -0.387. The molecule has 0 aliphatic carbocycles. The topological polar surface area (TPSA) is 65.0 Å². The summed E-state index contributed by atoms with van der Waals surface area (Å²) in [6, 6.07) is 15.7. The van der Waals surface area contributed by atoms with Crippen LogP contribution in [0, 0.1) is 0 Å². The van der Waals surface area contributed by atoms with Crippen LogP contribution in [0.25, 0.3) is 0 Å². The van der Waals surface area contributed by atoms with E-state index in [1.807, 2.05) is 48.5 Å². The number of hydrogen-bond donors (Lipinski definition) is 1. The summed E-state index contributed by atoms with van der Waals surface area (Å²) in [7, 11) is 0. The van der Waals surface area contributed by atoms with Gasteiger partial charge < -0.3 is 15.1 Å². The zero-order valence-corrected chi connectivity index (χ0v) is 14.3. The molecule has 1 fully saturated rings. The van der Waals surface area contributed by atoms with E-state index in [0.29, 0.717) is 0 Å². The van der Waals surface area contributed by atoms with Crippen molar-refractivity contribution in [2.75, 3.05) is 36.4 Å². The zero-order chi connectivity index (χ0) is 17.9. The standard InChI is InChI=1S/C20H20N4O2/c25-14-23-9-11-24(12-10-23)16-7-5-15(6-8-16)21-13-18-17-3-1-2-4-19(17)22-20(18)26/h1-8,13-14,18H,9-12H2,(H,22,26). The molecule has 0 aromatic heterocycles. The third-order valence-electron chi connectivity index (χ3n) is 4.89. The van der Waals surface area contributed by atoms with Crippen molar-refractivity contribution in [2.45, 2.75) is 5.92 Å². The van der Waals surface area contributed by atoms with Crippen LogP contribution in [0.5, 0.6) is 0 Å². The summed E-state index contributed by atoms with van der Waals surface area (Å²) in [5.41, 5.74) is 3.76. The fraction of sp³-hybridized carbons (Fsp3) is 0.250. The molecule has 132 valence electrons. The summed E-state index contributed by atoms with van der Waals surface area (Å²) < 4.78 is 0. The molecule has 2 amide bonds. The van der Waals surface area contributed by atoms with Gasteiger partial charge >= 0.3 is 0 Å². The highest BCUT2D eigenvalue weighted by Gasteiger charge is 2.28. The van der Waals surface area contributed by atoms with Crippen LogP contribution in [0.3, 0.4) is 0 Å². The molecular weight excluding hydrogens is 328 g/mol. The first kappa shape index (κ1) is 16.3. The van der Waals surface area contributed by atoms with E-state index < -0.39 is 0 Å². The Bertz CT molecular complexity index is 839. The largest absolute Gasteiger partial charge is 0.368 e. The van der Waals surface area contributed by atoms with Crippen LogP contribution in [-0.2, 0) is 9.59 Å². The lowest BCUT2D eigenvalue weighted by molar-refractivity contribution is -0.118. The first-order chi connectivity index (χ1) is 12.7. The quantitative estimate of drug-likeness (QED) is 0.682. The number of benzene rings is 2. The van der Waals surface area contributed by atoms with Crippen LogP contribution in [0.4, 0.5) is 17.1 Å². The van der Waals surface area contributed by atoms with Crippen molar-refractivity contribution in [3.8, 4) is 0 Å². The molecule has 2 aromatic carbocycles. The van der Waals surface area contributed by atoms with Gasteiger partial charge in [0.05, 0.1) is 5.69 Å². The highest BCUT2D eigenvalue weighted by molar-refractivity contribution is 6.12. The lowest BCUT2D eigenvalue weighted by Gasteiger charge is -2.34. The molecule has 0 saturated carbocycles. The van der Waals surface area contributed by atoms with Crippen molar-refractivity contribution in [3.05, 3.63) is 54.1 Å². The van der Waals surface area contributed by atoms with Gasteiger partial charge in [0.25, 0.3) is 0 Å². The number of nitrogens with zero attached hydrogens (tertiary/aromatic N) is 3. The molecule has 26 heavy (non-hydrogen) atoms. The van der Waals surface area contributed by atoms with Gasteiger partial charge in [-0.2, -0.15) is 0 Å². The van der Waals surface area contributed by atoms with Gasteiger partial charge in [0, 0.05) is 43.8 Å². The molecular formula is C20H20N4O2. The Kier molecular flexibility index (Phi) is 4.39. The fourth-order valence-electron chi connectivity index (χ4n) is 3.38. The summed E-state index contributed by atoms with van der Waals surface area (Å²) in [5, 5.41) is 2.88. The number of amides is 2. The number of hydrogen-bond acceptors (Lipinski definition) is 4. The van der Waals surface area contributed by atoms with Gasteiger partial charge in [-0.3, -0.25) is 14.6 Å². The van der Waals surface area contributed by atoms with Gasteiger partial charge in [-0.05, 0) is 35.9 Å². The average Bonchev–Trinajstić information content (AvgIpc) is 3.02. The molecule has 6 heteroatoms. The number of carbonyl (C=O) groups is 2. The minimum absolute atomic E-state index is 0.0420. The van der Waals surface area contributed by atoms with Crippen molar-refractivity contribution in [3.63, 3.8) is 0 Å². The number of fused-ring (bicyclic) bond motifs is 1. The second kappa shape index (κ2) is 7.00. The fourth-order valence-corrected chi connectivity index (χ4v) is 3.38. The molecule has 1 saturated heterocycles. The van der Waals surface area contributed by atoms with E-state index in [1.165, 1.54) is 0 Å². The maximum absolute atomic E-state index is 12.1. The SMILES string of the molecule is O=CN1CCN(c2ccc(N=CC3C(=O)Nc4ccccc43)cc2)CC1. The third kappa shape index (κ3) is 3.18. The van der Waals surface area contributed by atoms with Gasteiger partial charge in [0.1, 0.15) is 5.92 Å². The second-order valence-electron chi connectivity index (χ2n) is 6.48. The van der Waals surface area contributed by atoms with Crippen molar-refractivity contribution < 1.29 is 9.59 Å². The first-order valence-electron chi connectivity index (χ1n) is 8.73. The number of aliphatic imine (C=N–C) groups is 1. The van der Waals surface area contributed by atoms with Gasteiger partial charge in [0.2, 0.25) is 12.3 Å².